The van der Waals surface area contributed by atoms with Gasteiger partial charge in [-0.05, 0) is 0 Å². The van der Waals surface area contributed by atoms with Crippen molar-refractivity contribution < 1.29 is 79.6 Å². The molecule has 0 aliphatic heterocycles. The fraction of sp³-hybridized carbons (Fsp3) is 0.500. The molecule has 0 saturated heterocycles. The molecule has 8 heavy (non-hydrogen) atoms. The Morgan fingerprint density at radius 3 is 1.62 bits per heavy atom. The first-order valence-electron chi connectivity index (χ1n) is 1.08. The van der Waals surface area contributed by atoms with E-state index >= 15 is 0 Å². The molecule has 0 aliphatic carbocycles. The minimum Gasteiger partial charge on any atom is -0.870 e. The van der Waals surface area contributed by atoms with Crippen molar-refractivity contribution >= 4 is 5.97 Å². The van der Waals surface area contributed by atoms with Crippen LogP contribution in [0.3, 0.4) is 0 Å². The van der Waals surface area contributed by atoms with Gasteiger partial charge >= 0.3 is 59.1 Å². The van der Waals surface area contributed by atoms with Gasteiger partial charge in [-0.1, -0.05) is 0 Å². The van der Waals surface area contributed by atoms with Crippen LogP contribution in [0.5, 0.6) is 0 Å². The first-order valence-corrected chi connectivity index (χ1v) is 1.08. The molecule has 0 aromatic rings. The quantitative estimate of drug-likeness (QED) is 0.364. The summed E-state index contributed by atoms with van der Waals surface area (Å²) in [5, 5.41) is 16.5. The maximum Gasteiger partial charge on any atom is 1.00 e. The van der Waals surface area contributed by atoms with E-state index in [0.717, 1.165) is 0 Å². The number of carbonyl (C=O) groups excluding carboxylic acids is 1. The second-order valence-corrected chi connectivity index (χ2v) is 0.530. The maximum atomic E-state index is 9.01. The standard InChI is InChI=1S/C2H4O3.2Na.H2O/c3-1-2(4)5;;;/h3H,1H2,(H,4,5);;;1H2/q;2*+1;/p-2. The maximum absolute atomic E-state index is 9.01. The molecule has 0 atom stereocenters. The first kappa shape index (κ1) is 22.8. The summed E-state index contributed by atoms with van der Waals surface area (Å²) in [6, 6.07) is 0. The van der Waals surface area contributed by atoms with Crippen LogP contribution >= 0.6 is 0 Å². The van der Waals surface area contributed by atoms with Crippen LogP contribution in [0.1, 0.15) is 0 Å². The predicted octanol–water partition coefficient (Wildman–Crippen LogP) is -8.44. The van der Waals surface area contributed by atoms with Crippen LogP contribution < -0.4 is 64.2 Å². The van der Waals surface area contributed by atoms with Crippen LogP contribution in [0.15, 0.2) is 0 Å². The topological polar surface area (TPSA) is 90.4 Å². The first-order chi connectivity index (χ1) is 2.27. The van der Waals surface area contributed by atoms with Crippen molar-refractivity contribution in [3.05, 3.63) is 0 Å². The zero-order valence-electron chi connectivity index (χ0n) is 4.92. The molecule has 0 unspecified atom stereocenters. The van der Waals surface area contributed by atoms with Crippen molar-refractivity contribution in [2.75, 3.05) is 6.61 Å². The van der Waals surface area contributed by atoms with Crippen LogP contribution in [-0.4, -0.2) is 23.2 Å². The molecular weight excluding hydrogens is 134 g/mol. The third-order valence-corrected chi connectivity index (χ3v) is 0.129. The van der Waals surface area contributed by atoms with Gasteiger partial charge in [-0.3, -0.25) is 0 Å². The van der Waals surface area contributed by atoms with E-state index in [1.165, 1.54) is 0 Å². The largest absolute Gasteiger partial charge is 1.00 e. The third-order valence-electron chi connectivity index (χ3n) is 0.129. The van der Waals surface area contributed by atoms with Crippen molar-refractivity contribution in [2.24, 2.45) is 0 Å². The molecule has 0 fully saturated rings. The van der Waals surface area contributed by atoms with Gasteiger partial charge < -0.3 is 20.5 Å². The summed E-state index contributed by atoms with van der Waals surface area (Å²) in [5.74, 6) is -1.44. The number of rotatable bonds is 1. The van der Waals surface area contributed by atoms with Gasteiger partial charge in [-0.15, -0.1) is 0 Å². The zero-order chi connectivity index (χ0) is 4.28. The summed E-state index contributed by atoms with van der Waals surface area (Å²) < 4.78 is 0. The van der Waals surface area contributed by atoms with Crippen LogP contribution in [0.25, 0.3) is 0 Å². The Labute approximate surface area is 91.2 Å². The molecule has 2 N–H and O–H groups in total. The van der Waals surface area contributed by atoms with Crippen molar-refractivity contribution in [3.8, 4) is 0 Å². The van der Waals surface area contributed by atoms with Crippen LogP contribution in [0.2, 0.25) is 0 Å². The van der Waals surface area contributed by atoms with E-state index in [0.29, 0.717) is 0 Å². The minimum absolute atomic E-state index is 0. The Hall–Kier alpha value is 1.39. The number of hydrogen-bond donors (Lipinski definition) is 1. The second kappa shape index (κ2) is 15.8. The fourth-order valence-electron chi connectivity index (χ4n) is 0. The van der Waals surface area contributed by atoms with Gasteiger partial charge in [-0.2, -0.15) is 0 Å². The van der Waals surface area contributed by atoms with Gasteiger partial charge in [0.1, 0.15) is 0 Å². The molecule has 0 aromatic heterocycles. The average molecular weight is 138 g/mol. The van der Waals surface area contributed by atoms with E-state index in [9.17, 15) is 0 Å². The van der Waals surface area contributed by atoms with E-state index in [1.54, 1.807) is 0 Å². The van der Waals surface area contributed by atoms with Crippen molar-refractivity contribution in [1.82, 2.24) is 0 Å². The number of hydrogen-bond acceptors (Lipinski definition) is 4. The molecule has 0 saturated carbocycles. The van der Waals surface area contributed by atoms with Gasteiger partial charge in [0, 0.05) is 0 Å². The van der Waals surface area contributed by atoms with Crippen LogP contribution in [0.4, 0.5) is 0 Å². The number of aliphatic hydroxyl groups is 1. The SMILES string of the molecule is O=C([O-])CO.[Na+].[Na+].[OH-]. The van der Waals surface area contributed by atoms with E-state index in [-0.39, 0.29) is 64.6 Å². The molecule has 0 rings (SSSR count). The number of aliphatic carboxylic acids is 1. The Morgan fingerprint density at radius 1 is 1.50 bits per heavy atom. The fourth-order valence-corrected chi connectivity index (χ4v) is 0. The van der Waals surface area contributed by atoms with Gasteiger partial charge in [-0.25, -0.2) is 0 Å². The van der Waals surface area contributed by atoms with Crippen molar-refractivity contribution in [1.29, 1.82) is 0 Å². The van der Waals surface area contributed by atoms with Gasteiger partial charge in [0.15, 0.2) is 0 Å². The monoisotopic (exact) mass is 138 g/mol. The smallest absolute Gasteiger partial charge is 0.870 e. The summed E-state index contributed by atoms with van der Waals surface area (Å²) in [6.07, 6.45) is 0. The van der Waals surface area contributed by atoms with E-state index in [1.807, 2.05) is 0 Å². The Morgan fingerprint density at radius 2 is 1.62 bits per heavy atom. The molecule has 6 heteroatoms. The van der Waals surface area contributed by atoms with Crippen LogP contribution in [-0.2, 0) is 4.79 Å². The number of carbonyl (C=O) groups is 1. The van der Waals surface area contributed by atoms with Crippen LogP contribution in [0, 0.1) is 0 Å². The molecule has 0 spiro atoms. The van der Waals surface area contributed by atoms with E-state index in [4.69, 9.17) is 15.0 Å². The molecule has 4 nitrogen and oxygen atoms in total. The summed E-state index contributed by atoms with van der Waals surface area (Å²) in [7, 11) is 0. The van der Waals surface area contributed by atoms with Crippen molar-refractivity contribution in [3.63, 3.8) is 0 Å². The Kier molecular flexibility index (Phi) is 44.9. The van der Waals surface area contributed by atoms with Crippen molar-refractivity contribution in [2.45, 2.75) is 0 Å². The number of carboxylic acid groups (broad SMARTS) is 1. The molecule has 0 aliphatic rings. The number of aliphatic hydroxyl groups excluding tert-OH is 1. The molecule has 0 bridgehead atoms. The van der Waals surface area contributed by atoms with Gasteiger partial charge in [0.2, 0.25) is 0 Å². The van der Waals surface area contributed by atoms with E-state index in [2.05, 4.69) is 0 Å². The molecular formula is C2H4Na2O4. The molecule has 0 amide bonds. The van der Waals surface area contributed by atoms with E-state index < -0.39 is 12.6 Å². The normalized spacial score (nSPS) is 4.62. The predicted molar refractivity (Wildman–Crippen MR) is 14.0 cm³/mol. The molecule has 38 valence electrons. The van der Waals surface area contributed by atoms with Gasteiger partial charge in [0.25, 0.3) is 0 Å². The summed E-state index contributed by atoms with van der Waals surface area (Å²) in [6.45, 7) is -0.889. The molecule has 0 radical (unpaired) electrons. The minimum atomic E-state index is -1.44. The third kappa shape index (κ3) is 26.3. The summed E-state index contributed by atoms with van der Waals surface area (Å²) in [4.78, 5) is 9.01. The molecule has 0 aromatic carbocycles. The number of carboxylic acids is 1. The second-order valence-electron chi connectivity index (χ2n) is 0.530. The Bertz CT molecular complexity index is 47.3. The summed E-state index contributed by atoms with van der Waals surface area (Å²) >= 11 is 0. The average Bonchev–Trinajstić information content (AvgIpc) is 1.38. The zero-order valence-corrected chi connectivity index (χ0v) is 8.92. The van der Waals surface area contributed by atoms with Gasteiger partial charge in [0.05, 0.1) is 12.6 Å². The Balaban J connectivity index is -0.0000000267. The molecule has 0 heterocycles. The summed E-state index contributed by atoms with van der Waals surface area (Å²) in [5.41, 5.74) is 0.